The quantitative estimate of drug-likeness (QED) is 0.0905. The molecule has 23 atom stereocenters. The highest BCUT2D eigenvalue weighted by Crippen LogP contribution is 2.21. The topological polar surface area (TPSA) is 455 Å². The van der Waals surface area contributed by atoms with Gasteiger partial charge >= 0.3 is 0 Å². The summed E-state index contributed by atoms with van der Waals surface area (Å²) in [6, 6.07) is -3.34. The Morgan fingerprint density at radius 2 is 0.525 bits per heavy atom. The van der Waals surface area contributed by atoms with Crippen molar-refractivity contribution in [3.8, 4) is 0 Å². The second-order valence-electron chi connectivity index (χ2n) is 13.6. The van der Waals surface area contributed by atoms with Crippen molar-refractivity contribution in [3.05, 3.63) is 0 Å². The van der Waals surface area contributed by atoms with E-state index in [0.29, 0.717) is 31.4 Å². The number of aldehydes is 5. The van der Waals surface area contributed by atoms with Gasteiger partial charge < -0.3 is 141 Å². The van der Waals surface area contributed by atoms with Crippen LogP contribution in [0.1, 0.15) is 0 Å². The predicted molar refractivity (Wildman–Crippen MR) is 197 cm³/mol. The van der Waals surface area contributed by atoms with E-state index in [1.807, 2.05) is 0 Å². The summed E-state index contributed by atoms with van der Waals surface area (Å²) in [5, 5.41) is 133. The van der Waals surface area contributed by atoms with E-state index in [1.54, 1.807) is 14.1 Å². The number of carbonyl (C=O) groups is 5. The third kappa shape index (κ3) is 14.7. The average Bonchev–Trinajstić information content (AvgIpc) is 3.70. The van der Waals surface area contributed by atoms with Crippen molar-refractivity contribution in [2.24, 2.45) is 0 Å². The minimum absolute atomic E-state index is 0.350. The Balaban J connectivity index is 0.000000382. The van der Waals surface area contributed by atoms with E-state index < -0.39 is 141 Å². The molecule has 5 fully saturated rings. The molecule has 28 heteroatoms. The first kappa shape index (κ1) is 56.4. The molecule has 5 aliphatic rings. The standard InChI is InChI=1S/3C7H13NO5.2C6H11NO4/c1-8-4-6(11)5(10)3(2-9)13-7(4)12;1-8-4-5(10)3(2-9)13-7(12)6(4)11;1-8-4-3(2-9)13-7(12)6(11)5(4)10;1-7-4-5(9)3(2-8)11-6(4)10;1-7-4-3(2-8)11-6(10)5(4)9/h3*2-8,10-12H,1H3;2*2-7,9-10H,1H3. The molecule has 5 aliphatic heterocycles. The molecule has 5 heterocycles. The highest BCUT2D eigenvalue weighted by atomic mass is 16.7. The lowest BCUT2D eigenvalue weighted by atomic mass is 9.97. The Labute approximate surface area is 348 Å². The molecule has 28 nitrogen and oxygen atoms in total. The van der Waals surface area contributed by atoms with E-state index in [4.69, 9.17) is 44.5 Å². The van der Waals surface area contributed by atoms with E-state index >= 15 is 0 Å². The zero-order chi connectivity index (χ0) is 46.9. The van der Waals surface area contributed by atoms with E-state index in [9.17, 15) is 64.8 Å². The largest absolute Gasteiger partial charge is 0.388 e. The summed E-state index contributed by atoms with van der Waals surface area (Å²) in [4.78, 5) is 51.6. The SMILES string of the molecule is CNC1C(C=O)OC(O)C(O)C1O.CNC1C(C=O)OC(O)C1O.CNC1C(O)C(O)OC(C=O)C1O.CNC1C(O)OC(C=O)C(O)C1O.CNC1C(O)OC(C=O)C1O. The molecule has 0 saturated carbocycles. The fourth-order valence-electron chi connectivity index (χ4n) is 6.32. The molecule has 0 aromatic carbocycles. The number of rotatable bonds is 10. The van der Waals surface area contributed by atoms with Gasteiger partial charge in [-0.05, 0) is 35.2 Å². The van der Waals surface area contributed by atoms with Gasteiger partial charge in [-0.3, -0.25) is 0 Å². The van der Waals surface area contributed by atoms with Crippen LogP contribution in [-0.4, -0.2) is 274 Å². The smallest absolute Gasteiger partial charge is 0.184 e. The van der Waals surface area contributed by atoms with Crippen molar-refractivity contribution in [1.29, 1.82) is 0 Å². The van der Waals surface area contributed by atoms with Crippen LogP contribution in [0.3, 0.4) is 0 Å². The maximum Gasteiger partial charge on any atom is 0.184 e. The molecule has 356 valence electrons. The number of likely N-dealkylation sites (N-methyl/N-ethyl adjacent to an activating group) is 5. The summed E-state index contributed by atoms with van der Waals surface area (Å²) >= 11 is 0. The zero-order valence-corrected chi connectivity index (χ0v) is 33.6. The second kappa shape index (κ2) is 27.6. The molecule has 5 saturated heterocycles. The average molecular weight is 896 g/mol. The first-order valence-electron chi connectivity index (χ1n) is 18.5. The van der Waals surface area contributed by atoms with Gasteiger partial charge in [-0.1, -0.05) is 0 Å². The number of carbonyl (C=O) groups excluding carboxylic acids is 5. The highest BCUT2D eigenvalue weighted by molar-refractivity contribution is 5.59. The van der Waals surface area contributed by atoms with Gasteiger partial charge in [0.1, 0.15) is 79.4 Å². The van der Waals surface area contributed by atoms with Crippen LogP contribution in [0.4, 0.5) is 0 Å². The van der Waals surface area contributed by atoms with Gasteiger partial charge in [0, 0.05) is 0 Å². The number of ether oxygens (including phenoxy) is 5. The molecule has 0 spiro atoms. The van der Waals surface area contributed by atoms with Gasteiger partial charge in [-0.2, -0.15) is 0 Å². The molecular formula is C33H61N5O23. The molecule has 5 rings (SSSR count). The van der Waals surface area contributed by atoms with E-state index in [2.05, 4.69) is 31.3 Å². The molecule has 0 aliphatic carbocycles. The molecule has 0 aromatic heterocycles. The Morgan fingerprint density at radius 1 is 0.279 bits per heavy atom. The number of hydrogen-bond donors (Lipinski definition) is 18. The van der Waals surface area contributed by atoms with Crippen LogP contribution >= 0.6 is 0 Å². The number of aliphatic hydroxyl groups is 13. The van der Waals surface area contributed by atoms with Crippen LogP contribution in [-0.2, 0) is 47.7 Å². The maximum absolute atomic E-state index is 10.5. The van der Waals surface area contributed by atoms with Crippen LogP contribution in [0, 0.1) is 0 Å². The lowest BCUT2D eigenvalue weighted by Crippen LogP contribution is -2.62. The zero-order valence-electron chi connectivity index (χ0n) is 33.6. The van der Waals surface area contributed by atoms with Crippen LogP contribution in [0.5, 0.6) is 0 Å². The summed E-state index contributed by atoms with van der Waals surface area (Å²) in [7, 11) is 7.71. The van der Waals surface area contributed by atoms with E-state index in [0.717, 1.165) is 0 Å². The van der Waals surface area contributed by atoms with E-state index in [-0.39, 0.29) is 0 Å². The van der Waals surface area contributed by atoms with Gasteiger partial charge in [-0.25, -0.2) is 0 Å². The van der Waals surface area contributed by atoms with Gasteiger partial charge in [-0.15, -0.1) is 0 Å². The van der Waals surface area contributed by atoms with Crippen molar-refractivity contribution >= 4 is 31.4 Å². The number of hydrogen-bond acceptors (Lipinski definition) is 28. The van der Waals surface area contributed by atoms with Crippen LogP contribution in [0.25, 0.3) is 0 Å². The summed E-state index contributed by atoms with van der Waals surface area (Å²) in [6.45, 7) is 0. The molecule has 0 aromatic rings. The second-order valence-corrected chi connectivity index (χ2v) is 13.6. The maximum atomic E-state index is 10.5. The number of nitrogens with one attached hydrogen (secondary N) is 5. The van der Waals surface area contributed by atoms with Crippen LogP contribution < -0.4 is 26.6 Å². The fraction of sp³-hybridized carbons (Fsp3) is 0.848. The Kier molecular flexibility index (Phi) is 25.5. The lowest BCUT2D eigenvalue weighted by Gasteiger charge is -2.38. The predicted octanol–water partition coefficient (Wildman–Crippen LogP) is -12.7. The minimum Gasteiger partial charge on any atom is -0.388 e. The molecule has 0 bridgehead atoms. The van der Waals surface area contributed by atoms with Crippen molar-refractivity contribution in [1.82, 2.24) is 26.6 Å². The highest BCUT2D eigenvalue weighted by Gasteiger charge is 2.46. The Bertz CT molecular complexity index is 1300. The fourth-order valence-corrected chi connectivity index (χ4v) is 6.32. The van der Waals surface area contributed by atoms with Gasteiger partial charge in [0.2, 0.25) is 0 Å². The van der Waals surface area contributed by atoms with Crippen molar-refractivity contribution < 1.29 is 114 Å². The van der Waals surface area contributed by atoms with Crippen molar-refractivity contribution in [2.75, 3.05) is 35.2 Å². The summed E-state index contributed by atoms with van der Waals surface area (Å²) < 4.78 is 23.5. The third-order valence-electron chi connectivity index (χ3n) is 9.94. The van der Waals surface area contributed by atoms with Gasteiger partial charge in [0.25, 0.3) is 0 Å². The van der Waals surface area contributed by atoms with Crippen molar-refractivity contribution in [2.45, 2.75) is 141 Å². The van der Waals surface area contributed by atoms with Crippen LogP contribution in [0.15, 0.2) is 0 Å². The summed E-state index contributed by atoms with van der Waals surface area (Å²) in [5.41, 5.74) is 0. The first-order chi connectivity index (χ1) is 28.7. The molecular weight excluding hydrogens is 834 g/mol. The Morgan fingerprint density at radius 3 is 0.869 bits per heavy atom. The minimum atomic E-state index is -1.52. The summed E-state index contributed by atoms with van der Waals surface area (Å²) in [5.74, 6) is 0. The third-order valence-corrected chi connectivity index (χ3v) is 9.94. The lowest BCUT2D eigenvalue weighted by molar-refractivity contribution is -0.249. The van der Waals surface area contributed by atoms with Crippen LogP contribution in [0.2, 0.25) is 0 Å². The molecule has 18 N–H and O–H groups in total. The molecule has 61 heavy (non-hydrogen) atoms. The Hall–Kier alpha value is -2.57. The molecule has 23 unspecified atom stereocenters. The van der Waals surface area contributed by atoms with Gasteiger partial charge in [0.15, 0.2) is 62.9 Å². The van der Waals surface area contributed by atoms with Gasteiger partial charge in [0.05, 0.1) is 30.2 Å². The molecule has 0 amide bonds. The molecule has 0 radical (unpaired) electrons. The number of aliphatic hydroxyl groups excluding tert-OH is 13. The first-order valence-corrected chi connectivity index (χ1v) is 18.5. The summed E-state index contributed by atoms with van der Waals surface area (Å²) in [6.07, 6.45) is -18.8. The van der Waals surface area contributed by atoms with Crippen molar-refractivity contribution in [3.63, 3.8) is 0 Å². The van der Waals surface area contributed by atoms with E-state index in [1.165, 1.54) is 21.1 Å². The normalized spacial score (nSPS) is 45.4. The monoisotopic (exact) mass is 895 g/mol.